The third kappa shape index (κ3) is 6.89. The quantitative estimate of drug-likeness (QED) is 0.239. The lowest BCUT2D eigenvalue weighted by Crippen LogP contribution is -2.34. The predicted molar refractivity (Wildman–Crippen MR) is 148 cm³/mol. The van der Waals surface area contributed by atoms with Crippen LogP contribution in [-0.2, 0) is 14.4 Å². The van der Waals surface area contributed by atoms with Gasteiger partial charge in [0.25, 0.3) is 0 Å². The standard InChI is InChI=1S/C30H30N2O4S/c1-19-15-20(2)17-23(16-19)32-29(34)27(21-9-4-3-5-10-21)37-24-12-8-11-22(18-24)31-28(33)25-13-6-7-14-26(25)30(35)36/h3-12,15-18,25-27H,13-14H2,1-2H3,(H,31,33)(H,32,34)(H,35,36). The summed E-state index contributed by atoms with van der Waals surface area (Å²) < 4.78 is 0. The molecule has 0 heterocycles. The van der Waals surface area contributed by atoms with E-state index < -0.39 is 23.1 Å². The van der Waals surface area contributed by atoms with Crippen molar-refractivity contribution in [1.82, 2.24) is 0 Å². The first-order valence-electron chi connectivity index (χ1n) is 12.2. The first-order chi connectivity index (χ1) is 17.8. The number of carboxylic acids is 1. The summed E-state index contributed by atoms with van der Waals surface area (Å²) in [6, 6.07) is 22.8. The second-order valence-electron chi connectivity index (χ2n) is 9.29. The Hall–Kier alpha value is -3.84. The molecule has 2 amide bonds. The largest absolute Gasteiger partial charge is 0.481 e. The summed E-state index contributed by atoms with van der Waals surface area (Å²) in [5.74, 6) is -2.78. The first-order valence-corrected chi connectivity index (χ1v) is 13.1. The van der Waals surface area contributed by atoms with E-state index in [1.807, 2.05) is 86.7 Å². The molecule has 0 saturated carbocycles. The van der Waals surface area contributed by atoms with Crippen molar-refractivity contribution in [2.45, 2.75) is 36.8 Å². The van der Waals surface area contributed by atoms with Crippen LogP contribution < -0.4 is 10.6 Å². The number of carbonyl (C=O) groups excluding carboxylic acids is 2. The summed E-state index contributed by atoms with van der Waals surface area (Å²) in [4.78, 5) is 38.8. The van der Waals surface area contributed by atoms with Gasteiger partial charge in [-0.2, -0.15) is 0 Å². The van der Waals surface area contributed by atoms with E-state index in [9.17, 15) is 19.5 Å². The number of amides is 2. The maximum Gasteiger partial charge on any atom is 0.307 e. The van der Waals surface area contributed by atoms with Crippen molar-refractivity contribution < 1.29 is 19.5 Å². The van der Waals surface area contributed by atoms with Crippen molar-refractivity contribution in [2.75, 3.05) is 10.6 Å². The molecule has 6 nitrogen and oxygen atoms in total. The number of rotatable bonds is 8. The minimum absolute atomic E-state index is 0.145. The number of nitrogens with one attached hydrogen (secondary N) is 2. The lowest BCUT2D eigenvalue weighted by molar-refractivity contribution is -0.146. The van der Waals surface area contributed by atoms with Crippen LogP contribution in [0.4, 0.5) is 11.4 Å². The number of carboxylic acid groups (broad SMARTS) is 1. The maximum atomic E-state index is 13.4. The summed E-state index contributed by atoms with van der Waals surface area (Å²) in [6.07, 6.45) is 4.41. The number of benzene rings is 3. The SMILES string of the molecule is Cc1cc(C)cc(NC(=O)C(Sc2cccc(NC(=O)C3CC=CCC3C(=O)O)c2)c2ccccc2)c1. The molecule has 0 saturated heterocycles. The van der Waals surface area contributed by atoms with E-state index in [4.69, 9.17) is 0 Å². The molecule has 0 bridgehead atoms. The molecule has 3 atom stereocenters. The van der Waals surface area contributed by atoms with Crippen LogP contribution in [0.1, 0.15) is 34.8 Å². The molecular formula is C30H30N2O4S. The van der Waals surface area contributed by atoms with E-state index in [1.165, 1.54) is 11.8 Å². The minimum atomic E-state index is -0.964. The fraction of sp³-hybridized carbons (Fsp3) is 0.233. The number of carbonyl (C=O) groups is 3. The lowest BCUT2D eigenvalue weighted by atomic mass is 9.82. The van der Waals surface area contributed by atoms with Gasteiger partial charge in [0, 0.05) is 16.3 Å². The number of aliphatic carboxylic acids is 1. The fourth-order valence-electron chi connectivity index (χ4n) is 4.55. The summed E-state index contributed by atoms with van der Waals surface area (Å²) in [5, 5.41) is 14.9. The number of anilines is 2. The molecule has 0 aromatic heterocycles. The van der Waals surface area contributed by atoms with Gasteiger partial charge in [0.05, 0.1) is 11.8 Å². The molecule has 0 spiro atoms. The van der Waals surface area contributed by atoms with Crippen LogP contribution in [0, 0.1) is 25.7 Å². The highest BCUT2D eigenvalue weighted by Gasteiger charge is 2.34. The maximum absolute atomic E-state index is 13.4. The Balaban J connectivity index is 1.53. The van der Waals surface area contributed by atoms with E-state index in [0.29, 0.717) is 18.5 Å². The molecular weight excluding hydrogens is 484 g/mol. The molecule has 0 aliphatic heterocycles. The summed E-state index contributed by atoms with van der Waals surface area (Å²) in [5.41, 5.74) is 4.32. The Labute approximate surface area is 221 Å². The van der Waals surface area contributed by atoms with Gasteiger partial charge in [-0.15, -0.1) is 11.8 Å². The van der Waals surface area contributed by atoms with Crippen molar-refractivity contribution in [1.29, 1.82) is 0 Å². The summed E-state index contributed by atoms with van der Waals surface area (Å²) in [7, 11) is 0. The zero-order valence-electron chi connectivity index (χ0n) is 20.8. The molecule has 1 aliphatic rings. The highest BCUT2D eigenvalue weighted by Crippen LogP contribution is 2.37. The first kappa shape index (κ1) is 26.2. The second kappa shape index (κ2) is 11.9. The average molecular weight is 515 g/mol. The number of aryl methyl sites for hydroxylation is 2. The highest BCUT2D eigenvalue weighted by atomic mass is 32.2. The predicted octanol–water partition coefficient (Wildman–Crippen LogP) is 6.38. The molecule has 190 valence electrons. The average Bonchev–Trinajstić information content (AvgIpc) is 2.87. The fourth-order valence-corrected chi connectivity index (χ4v) is 5.63. The van der Waals surface area contributed by atoms with E-state index in [2.05, 4.69) is 16.7 Å². The molecule has 3 aromatic carbocycles. The van der Waals surface area contributed by atoms with Crippen LogP contribution in [0.5, 0.6) is 0 Å². The van der Waals surface area contributed by atoms with Crippen LogP contribution in [0.3, 0.4) is 0 Å². The smallest absolute Gasteiger partial charge is 0.307 e. The van der Waals surface area contributed by atoms with Crippen LogP contribution in [0.25, 0.3) is 0 Å². The normalized spacial score (nSPS) is 17.6. The minimum Gasteiger partial charge on any atom is -0.481 e. The van der Waals surface area contributed by atoms with Crippen LogP contribution >= 0.6 is 11.8 Å². The van der Waals surface area contributed by atoms with E-state index in [-0.39, 0.29) is 11.8 Å². The van der Waals surface area contributed by atoms with Crippen molar-refractivity contribution in [3.05, 3.63) is 102 Å². The molecule has 0 fully saturated rings. The van der Waals surface area contributed by atoms with Gasteiger partial charge in [-0.25, -0.2) is 0 Å². The van der Waals surface area contributed by atoms with Gasteiger partial charge in [-0.05, 0) is 73.7 Å². The topological polar surface area (TPSA) is 95.5 Å². The Morgan fingerprint density at radius 2 is 1.49 bits per heavy atom. The Morgan fingerprint density at radius 3 is 2.16 bits per heavy atom. The van der Waals surface area contributed by atoms with Crippen LogP contribution in [-0.4, -0.2) is 22.9 Å². The Kier molecular flexibility index (Phi) is 8.46. The highest BCUT2D eigenvalue weighted by molar-refractivity contribution is 8.00. The molecule has 7 heteroatoms. The molecule has 3 unspecified atom stereocenters. The van der Waals surface area contributed by atoms with E-state index in [0.717, 1.165) is 27.3 Å². The Bertz CT molecular complexity index is 1300. The van der Waals surface area contributed by atoms with Gasteiger partial charge in [-0.3, -0.25) is 14.4 Å². The van der Waals surface area contributed by atoms with Crippen molar-refractivity contribution >= 4 is 40.9 Å². The number of hydrogen-bond acceptors (Lipinski definition) is 4. The van der Waals surface area contributed by atoms with Crippen molar-refractivity contribution in [2.24, 2.45) is 11.8 Å². The molecule has 37 heavy (non-hydrogen) atoms. The van der Waals surface area contributed by atoms with Gasteiger partial charge in [0.15, 0.2) is 0 Å². The van der Waals surface area contributed by atoms with Gasteiger partial charge in [0.2, 0.25) is 11.8 Å². The zero-order valence-corrected chi connectivity index (χ0v) is 21.6. The monoisotopic (exact) mass is 514 g/mol. The molecule has 3 N–H and O–H groups in total. The number of thioether (sulfide) groups is 1. The third-order valence-electron chi connectivity index (χ3n) is 6.27. The Morgan fingerprint density at radius 1 is 0.811 bits per heavy atom. The van der Waals surface area contributed by atoms with Gasteiger partial charge in [0.1, 0.15) is 5.25 Å². The van der Waals surface area contributed by atoms with Crippen molar-refractivity contribution in [3.63, 3.8) is 0 Å². The van der Waals surface area contributed by atoms with Crippen LogP contribution in [0.2, 0.25) is 0 Å². The van der Waals surface area contributed by atoms with Crippen molar-refractivity contribution in [3.8, 4) is 0 Å². The molecule has 0 radical (unpaired) electrons. The number of allylic oxidation sites excluding steroid dienone is 2. The molecule has 1 aliphatic carbocycles. The molecule has 3 aromatic rings. The van der Waals surface area contributed by atoms with E-state index in [1.54, 1.807) is 6.07 Å². The third-order valence-corrected chi connectivity index (χ3v) is 7.52. The lowest BCUT2D eigenvalue weighted by Gasteiger charge is -2.24. The summed E-state index contributed by atoms with van der Waals surface area (Å²) in [6.45, 7) is 3.99. The summed E-state index contributed by atoms with van der Waals surface area (Å²) >= 11 is 1.39. The number of hydrogen-bond donors (Lipinski definition) is 3. The van der Waals surface area contributed by atoms with Gasteiger partial charge >= 0.3 is 5.97 Å². The van der Waals surface area contributed by atoms with Gasteiger partial charge < -0.3 is 15.7 Å². The zero-order chi connectivity index (χ0) is 26.4. The molecule has 4 rings (SSSR count). The van der Waals surface area contributed by atoms with Crippen LogP contribution in [0.15, 0.2) is 89.8 Å². The van der Waals surface area contributed by atoms with E-state index >= 15 is 0 Å². The second-order valence-corrected chi connectivity index (χ2v) is 10.5. The van der Waals surface area contributed by atoms with Gasteiger partial charge in [-0.1, -0.05) is 54.6 Å².